The van der Waals surface area contributed by atoms with Crippen molar-refractivity contribution in [1.82, 2.24) is 9.88 Å². The molecular weight excluding hydrogens is 364 g/mol. The Kier molecular flexibility index (Phi) is 6.98. The van der Waals surface area contributed by atoms with Crippen LogP contribution in [-0.2, 0) is 16.3 Å². The molecule has 112 valence electrons. The zero-order valence-electron chi connectivity index (χ0n) is 11.0. The number of rotatable bonds is 6. The molecule has 1 unspecified atom stereocenters. The van der Waals surface area contributed by atoms with E-state index in [1.807, 2.05) is 0 Å². The highest BCUT2D eigenvalue weighted by atomic mass is 35.5. The van der Waals surface area contributed by atoms with E-state index in [2.05, 4.69) is 9.75 Å². The summed E-state index contributed by atoms with van der Waals surface area (Å²) in [6, 6.07) is 1.43. The Morgan fingerprint density at radius 1 is 1.40 bits per heavy atom. The lowest BCUT2D eigenvalue weighted by Gasteiger charge is -2.18. The van der Waals surface area contributed by atoms with Crippen LogP contribution in [0.5, 0.6) is 5.88 Å². The Hall–Kier alpha value is -0.100. The predicted molar refractivity (Wildman–Crippen MR) is 88.0 cm³/mol. The third-order valence-corrected chi connectivity index (χ3v) is 4.91. The second kappa shape index (κ2) is 7.78. The first-order chi connectivity index (χ1) is 9.27. The van der Waals surface area contributed by atoms with Crippen LogP contribution in [0.4, 0.5) is 0 Å². The van der Waals surface area contributed by atoms with Gasteiger partial charge in [-0.3, -0.25) is 0 Å². The van der Waals surface area contributed by atoms with Gasteiger partial charge in [-0.2, -0.15) is 9.75 Å². The summed E-state index contributed by atoms with van der Waals surface area (Å²) in [6.07, 6.45) is 1.52. The molecule has 1 aromatic heterocycles. The summed E-state index contributed by atoms with van der Waals surface area (Å²) in [5.74, 6) is 0.0498. The van der Waals surface area contributed by atoms with Crippen LogP contribution >= 0.6 is 41.4 Å². The van der Waals surface area contributed by atoms with Gasteiger partial charge in [-0.05, 0) is 13.0 Å². The first kappa shape index (κ1) is 18.0. The largest absolute Gasteiger partial charge is 0.407 e. The minimum absolute atomic E-state index is 0.0498. The maximum absolute atomic E-state index is 5.99. The first-order valence-electron chi connectivity index (χ1n) is 5.45. The molecule has 1 atom stereocenters. The maximum Gasteiger partial charge on any atom is 0.363 e. The Bertz CT molecular complexity index is 557. The molecule has 0 spiro atoms. The minimum Gasteiger partial charge on any atom is -0.407 e. The van der Waals surface area contributed by atoms with Gasteiger partial charge in [0, 0.05) is 25.9 Å². The highest BCUT2D eigenvalue weighted by Gasteiger charge is 2.22. The number of halogens is 3. The van der Waals surface area contributed by atoms with Crippen molar-refractivity contribution in [2.24, 2.45) is 4.76 Å². The minimum atomic E-state index is -2.94. The molecule has 0 radical (unpaired) electrons. The zero-order valence-corrected chi connectivity index (χ0v) is 15.0. The van der Waals surface area contributed by atoms with Crippen molar-refractivity contribution in [3.05, 3.63) is 21.3 Å². The van der Waals surface area contributed by atoms with Crippen molar-refractivity contribution in [2.45, 2.75) is 6.92 Å². The molecule has 0 saturated heterocycles. The van der Waals surface area contributed by atoms with Crippen molar-refractivity contribution in [2.75, 3.05) is 20.7 Å². The maximum atomic E-state index is 5.99. The van der Waals surface area contributed by atoms with E-state index in [1.54, 1.807) is 25.9 Å². The molecule has 10 heteroatoms. The average Bonchev–Trinajstić information content (AvgIpc) is 2.34. The summed E-state index contributed by atoms with van der Waals surface area (Å²) in [7, 11) is 3.61. The smallest absolute Gasteiger partial charge is 0.363 e. The SMILES string of the molecule is CCOP(=S)(N=CN(C)C)Oc1nc(Cl)c(Cl)cc1Cl. The number of aromatic nitrogens is 1. The van der Waals surface area contributed by atoms with Crippen molar-refractivity contribution >= 4 is 59.6 Å². The molecule has 0 aliphatic rings. The highest BCUT2D eigenvalue weighted by Crippen LogP contribution is 2.51. The van der Waals surface area contributed by atoms with Crippen molar-refractivity contribution in [3.63, 3.8) is 0 Å². The summed E-state index contributed by atoms with van der Waals surface area (Å²) in [5.41, 5.74) is 0. The van der Waals surface area contributed by atoms with Crippen molar-refractivity contribution < 1.29 is 9.05 Å². The zero-order chi connectivity index (χ0) is 15.3. The molecule has 1 rings (SSSR count). The monoisotopic (exact) mass is 375 g/mol. The van der Waals surface area contributed by atoms with Crippen LogP contribution in [0, 0.1) is 0 Å². The molecule has 0 fully saturated rings. The fourth-order valence-electron chi connectivity index (χ4n) is 1.01. The lowest BCUT2D eigenvalue weighted by molar-refractivity contribution is 0.329. The van der Waals surface area contributed by atoms with E-state index >= 15 is 0 Å². The molecule has 0 amide bonds. The summed E-state index contributed by atoms with van der Waals surface area (Å²) in [6.45, 7) is -0.805. The average molecular weight is 377 g/mol. The van der Waals surface area contributed by atoms with Gasteiger partial charge >= 0.3 is 6.64 Å². The molecule has 0 aromatic carbocycles. The van der Waals surface area contributed by atoms with Crippen LogP contribution in [0.15, 0.2) is 10.8 Å². The Morgan fingerprint density at radius 3 is 2.60 bits per heavy atom. The van der Waals surface area contributed by atoms with Gasteiger partial charge in [0.05, 0.1) is 18.0 Å². The molecule has 0 saturated carbocycles. The van der Waals surface area contributed by atoms with Gasteiger partial charge in [-0.1, -0.05) is 34.8 Å². The summed E-state index contributed by atoms with van der Waals surface area (Å²) >= 11 is 22.9. The number of hydrogen-bond donors (Lipinski definition) is 0. The Labute approximate surface area is 138 Å². The van der Waals surface area contributed by atoms with Crippen LogP contribution in [0.1, 0.15) is 6.92 Å². The molecule has 5 nitrogen and oxygen atoms in total. The van der Waals surface area contributed by atoms with Gasteiger partial charge in [-0.15, -0.1) is 0 Å². The molecule has 0 bridgehead atoms. The lowest BCUT2D eigenvalue weighted by Crippen LogP contribution is -2.09. The molecule has 0 N–H and O–H groups in total. The van der Waals surface area contributed by atoms with E-state index in [9.17, 15) is 0 Å². The van der Waals surface area contributed by atoms with Crippen LogP contribution in [-0.4, -0.2) is 36.9 Å². The van der Waals surface area contributed by atoms with Crippen LogP contribution in [0.25, 0.3) is 0 Å². The molecule has 1 aromatic rings. The number of hydrogen-bond acceptors (Lipinski definition) is 4. The normalized spacial score (nSPS) is 14.3. The summed E-state index contributed by atoms with van der Waals surface area (Å²) in [4.78, 5) is 5.66. The third-order valence-electron chi connectivity index (χ3n) is 1.77. The van der Waals surface area contributed by atoms with E-state index in [0.29, 0.717) is 6.61 Å². The van der Waals surface area contributed by atoms with Crippen molar-refractivity contribution in [1.29, 1.82) is 0 Å². The first-order valence-corrected chi connectivity index (χ1v) is 9.17. The molecule has 0 aliphatic carbocycles. The fraction of sp³-hybridized carbons (Fsp3) is 0.400. The predicted octanol–water partition coefficient (Wildman–Crippen LogP) is 4.27. The van der Waals surface area contributed by atoms with E-state index < -0.39 is 6.64 Å². The topological polar surface area (TPSA) is 47.0 Å². The fourth-order valence-corrected chi connectivity index (χ4v) is 3.44. The van der Waals surface area contributed by atoms with Crippen LogP contribution < -0.4 is 4.52 Å². The van der Waals surface area contributed by atoms with E-state index in [1.165, 1.54) is 12.4 Å². The van der Waals surface area contributed by atoms with Gasteiger partial charge in [0.2, 0.25) is 5.88 Å². The molecule has 1 heterocycles. The van der Waals surface area contributed by atoms with Crippen LogP contribution in [0.3, 0.4) is 0 Å². The summed E-state index contributed by atoms with van der Waals surface area (Å²) < 4.78 is 15.1. The lowest BCUT2D eigenvalue weighted by atomic mass is 10.5. The standard InChI is InChI=1S/C10H13Cl3N3O2PS/c1-4-17-19(20,14-6-16(2)3)18-10-8(12)5-7(11)9(13)15-10/h5-6H,4H2,1-3H3. The van der Waals surface area contributed by atoms with E-state index in [0.717, 1.165) is 0 Å². The number of nitrogens with zero attached hydrogens (tertiary/aromatic N) is 3. The quantitative estimate of drug-likeness (QED) is 0.321. The second-order valence-electron chi connectivity index (χ2n) is 3.72. The van der Waals surface area contributed by atoms with Gasteiger partial charge < -0.3 is 13.9 Å². The van der Waals surface area contributed by atoms with E-state index in [4.69, 9.17) is 55.7 Å². The molecule has 20 heavy (non-hydrogen) atoms. The summed E-state index contributed by atoms with van der Waals surface area (Å²) in [5, 5.41) is 0.486. The van der Waals surface area contributed by atoms with Gasteiger partial charge in [0.1, 0.15) is 5.02 Å². The highest BCUT2D eigenvalue weighted by molar-refractivity contribution is 8.09. The third kappa shape index (κ3) is 5.35. The van der Waals surface area contributed by atoms with Crippen LogP contribution in [0.2, 0.25) is 15.2 Å². The number of pyridine rings is 1. The second-order valence-corrected chi connectivity index (χ2v) is 7.89. The van der Waals surface area contributed by atoms with Gasteiger partial charge in [0.25, 0.3) is 0 Å². The molecule has 0 aliphatic heterocycles. The van der Waals surface area contributed by atoms with Gasteiger partial charge in [-0.25, -0.2) is 0 Å². The molecular formula is C10H13Cl3N3O2PS. The van der Waals surface area contributed by atoms with Gasteiger partial charge in [0.15, 0.2) is 5.15 Å². The Balaban J connectivity index is 3.08. The van der Waals surface area contributed by atoms with E-state index in [-0.39, 0.29) is 21.1 Å². The Morgan fingerprint density at radius 2 is 2.05 bits per heavy atom. The van der Waals surface area contributed by atoms with Crippen molar-refractivity contribution in [3.8, 4) is 5.88 Å².